The Kier molecular flexibility index (Phi) is 20.0. The van der Waals surface area contributed by atoms with Gasteiger partial charge in [0.25, 0.3) is 0 Å². The lowest BCUT2D eigenvalue weighted by Gasteiger charge is -2.41. The molecule has 0 saturated carbocycles. The number of likely N-dealkylation sites (N-methyl/N-ethyl adjacent to an activating group) is 1. The molecular weight excluding hydrogens is 708 g/mol. The number of ketones is 1. The van der Waals surface area contributed by atoms with Crippen LogP contribution in [0.5, 0.6) is 0 Å². The van der Waals surface area contributed by atoms with Crippen LogP contribution >= 0.6 is 0 Å². The van der Waals surface area contributed by atoms with Crippen LogP contribution in [-0.4, -0.2) is 137 Å². The normalized spacial score (nSPS) is 17.2. The van der Waals surface area contributed by atoms with E-state index in [4.69, 9.17) is 9.47 Å². The molecule has 0 aromatic carbocycles. The van der Waals surface area contributed by atoms with Crippen molar-refractivity contribution in [1.29, 1.82) is 0 Å². The van der Waals surface area contributed by atoms with Crippen LogP contribution in [0.3, 0.4) is 0 Å². The van der Waals surface area contributed by atoms with E-state index in [9.17, 15) is 33.6 Å². The topological polar surface area (TPSA) is 175 Å². The smallest absolute Gasteiger partial charge is 0.410 e. The van der Waals surface area contributed by atoms with Crippen LogP contribution in [0.25, 0.3) is 0 Å². The van der Waals surface area contributed by atoms with Gasteiger partial charge >= 0.3 is 12.2 Å². The largest absolute Gasteiger partial charge is 0.444 e. The molecule has 2 saturated heterocycles. The first-order valence-electron chi connectivity index (χ1n) is 20.3. The summed E-state index contributed by atoms with van der Waals surface area (Å²) >= 11 is 0. The zero-order valence-corrected chi connectivity index (χ0v) is 35.0. The van der Waals surface area contributed by atoms with Gasteiger partial charge in [-0.05, 0) is 87.0 Å². The number of carbonyl (C=O) groups is 7. The summed E-state index contributed by atoms with van der Waals surface area (Å²) in [5.41, 5.74) is -1.16. The van der Waals surface area contributed by atoms with Crippen molar-refractivity contribution in [3.8, 4) is 0 Å². The average Bonchev–Trinajstić information content (AvgIpc) is 3.08. The van der Waals surface area contributed by atoms with E-state index in [1.54, 1.807) is 32.7 Å². The Morgan fingerprint density at radius 3 is 1.82 bits per heavy atom. The average molecular weight is 779 g/mol. The van der Waals surface area contributed by atoms with E-state index in [0.717, 1.165) is 51.4 Å². The SMILES string of the molecule is CC(=O)CCC1C(=O)N([C@@H](CCCCNC(=O)OC(C)(C)C)C(=O)NCCCCCCCCCCC(=O)N2CCN(C(=O)OC(C)(C)C)CC2)CC(=O)N1C. The van der Waals surface area contributed by atoms with Crippen LogP contribution in [0, 0.1) is 0 Å². The summed E-state index contributed by atoms with van der Waals surface area (Å²) in [6, 6.07) is -1.65. The van der Waals surface area contributed by atoms with E-state index in [1.165, 1.54) is 16.7 Å². The number of hydrogen-bond donors (Lipinski definition) is 2. The Bertz CT molecular complexity index is 1290. The summed E-state index contributed by atoms with van der Waals surface area (Å²) in [5.74, 6) is -0.860. The Morgan fingerprint density at radius 1 is 0.709 bits per heavy atom. The van der Waals surface area contributed by atoms with Crippen LogP contribution in [0.2, 0.25) is 0 Å². The fourth-order valence-corrected chi connectivity index (χ4v) is 6.60. The van der Waals surface area contributed by atoms with E-state index in [1.807, 2.05) is 25.7 Å². The van der Waals surface area contributed by atoms with Gasteiger partial charge in [0.1, 0.15) is 35.6 Å². The van der Waals surface area contributed by atoms with Gasteiger partial charge in [-0.15, -0.1) is 0 Å². The lowest BCUT2D eigenvalue weighted by atomic mass is 9.99. The lowest BCUT2D eigenvalue weighted by molar-refractivity contribution is -0.159. The molecule has 2 N–H and O–H groups in total. The number of unbranched alkanes of at least 4 members (excludes halogenated alkanes) is 8. The van der Waals surface area contributed by atoms with Crippen molar-refractivity contribution in [2.75, 3.05) is 52.9 Å². The second kappa shape index (κ2) is 23.2. The molecule has 15 nitrogen and oxygen atoms in total. The van der Waals surface area contributed by atoms with E-state index in [2.05, 4.69) is 10.6 Å². The molecule has 2 fully saturated rings. The fraction of sp³-hybridized carbons (Fsp3) is 0.825. The number of carbonyl (C=O) groups excluding carboxylic acids is 7. The summed E-state index contributed by atoms with van der Waals surface area (Å²) < 4.78 is 10.7. The number of nitrogens with one attached hydrogen (secondary N) is 2. The quantitative estimate of drug-likeness (QED) is 0.155. The molecule has 0 aromatic heterocycles. The molecule has 0 bridgehead atoms. The van der Waals surface area contributed by atoms with Gasteiger partial charge < -0.3 is 44.5 Å². The Balaban J connectivity index is 1.72. The lowest BCUT2D eigenvalue weighted by Crippen LogP contribution is -2.63. The summed E-state index contributed by atoms with van der Waals surface area (Å²) in [6.45, 7) is 14.9. The van der Waals surface area contributed by atoms with Crippen molar-refractivity contribution < 1.29 is 43.0 Å². The fourth-order valence-electron chi connectivity index (χ4n) is 6.60. The van der Waals surface area contributed by atoms with Crippen LogP contribution in [0.1, 0.15) is 138 Å². The summed E-state index contributed by atoms with van der Waals surface area (Å²) in [5, 5.41) is 5.70. The van der Waals surface area contributed by atoms with Gasteiger partial charge in [0.15, 0.2) is 0 Å². The summed E-state index contributed by atoms with van der Waals surface area (Å²) in [6.07, 6.45) is 9.19. The standard InChI is InChI=1S/C40H70N6O9/c1-30(47)21-22-32-36(51)46(29-34(49)43(32)8)31(19-16-18-24-42-37(52)54-39(2,3)4)35(50)41-23-17-14-12-10-9-11-13-15-20-33(48)44-25-27-45(28-26-44)38(53)55-40(5,6)7/h31-32H,9-29H2,1-8H3,(H,41,50)(H,42,52)/t31-,32?/m0/s1. The van der Waals surface area contributed by atoms with Crippen molar-refractivity contribution in [3.05, 3.63) is 0 Å². The predicted molar refractivity (Wildman–Crippen MR) is 209 cm³/mol. The van der Waals surface area contributed by atoms with Crippen LogP contribution in [-0.2, 0) is 33.4 Å². The number of ether oxygens (including phenoxy) is 2. The highest BCUT2D eigenvalue weighted by Gasteiger charge is 2.42. The van der Waals surface area contributed by atoms with E-state index >= 15 is 0 Å². The number of rotatable bonds is 21. The second-order valence-corrected chi connectivity index (χ2v) is 16.9. The van der Waals surface area contributed by atoms with Gasteiger partial charge in [-0.25, -0.2) is 9.59 Å². The van der Waals surface area contributed by atoms with Crippen LogP contribution < -0.4 is 10.6 Å². The molecule has 6 amide bonds. The number of Topliss-reactive ketones (excluding diaryl/α,β-unsaturated/α-hetero) is 1. The molecule has 0 aliphatic carbocycles. The van der Waals surface area contributed by atoms with Gasteiger partial charge in [-0.1, -0.05) is 38.5 Å². The Hall–Kier alpha value is -3.91. The zero-order valence-electron chi connectivity index (χ0n) is 35.0. The van der Waals surface area contributed by atoms with Crippen LogP contribution in [0.4, 0.5) is 9.59 Å². The van der Waals surface area contributed by atoms with Gasteiger partial charge in [-0.3, -0.25) is 19.2 Å². The molecule has 55 heavy (non-hydrogen) atoms. The number of amides is 6. The first kappa shape index (κ1) is 47.2. The van der Waals surface area contributed by atoms with Crippen molar-refractivity contribution in [2.24, 2.45) is 0 Å². The molecule has 2 aliphatic heterocycles. The van der Waals surface area contributed by atoms with E-state index in [-0.39, 0.29) is 54.9 Å². The minimum Gasteiger partial charge on any atom is -0.444 e. The molecule has 314 valence electrons. The molecule has 2 heterocycles. The van der Waals surface area contributed by atoms with E-state index in [0.29, 0.717) is 65.0 Å². The third-order valence-corrected chi connectivity index (χ3v) is 9.66. The second-order valence-electron chi connectivity index (χ2n) is 16.9. The van der Waals surface area contributed by atoms with Crippen molar-refractivity contribution in [1.82, 2.24) is 30.2 Å². The highest BCUT2D eigenvalue weighted by atomic mass is 16.6. The molecule has 2 rings (SSSR count). The molecule has 2 aliphatic rings. The first-order valence-corrected chi connectivity index (χ1v) is 20.3. The number of hydrogen-bond acceptors (Lipinski definition) is 9. The summed E-state index contributed by atoms with van der Waals surface area (Å²) in [4.78, 5) is 94.9. The highest BCUT2D eigenvalue weighted by molar-refractivity contribution is 5.98. The zero-order chi connectivity index (χ0) is 41.2. The molecule has 2 atom stereocenters. The van der Waals surface area contributed by atoms with Crippen molar-refractivity contribution in [2.45, 2.75) is 162 Å². The maximum Gasteiger partial charge on any atom is 0.410 e. The predicted octanol–water partition coefficient (Wildman–Crippen LogP) is 4.79. The molecule has 15 heteroatoms. The number of piperazine rings is 2. The maximum atomic E-state index is 13.6. The van der Waals surface area contributed by atoms with Gasteiger partial charge in [0, 0.05) is 59.2 Å². The molecule has 0 aromatic rings. The first-order chi connectivity index (χ1) is 25.8. The van der Waals surface area contributed by atoms with Gasteiger partial charge in [0.2, 0.25) is 23.6 Å². The molecular formula is C40H70N6O9. The number of alkyl carbamates (subject to hydrolysis) is 1. The minimum absolute atomic E-state index is 0.0749. The molecule has 1 unspecified atom stereocenters. The van der Waals surface area contributed by atoms with Crippen molar-refractivity contribution >= 4 is 41.6 Å². The maximum absolute atomic E-state index is 13.6. The third-order valence-electron chi connectivity index (χ3n) is 9.66. The monoisotopic (exact) mass is 779 g/mol. The summed E-state index contributed by atoms with van der Waals surface area (Å²) in [7, 11) is 1.56. The van der Waals surface area contributed by atoms with Gasteiger partial charge in [0.05, 0.1) is 0 Å². The minimum atomic E-state index is -0.847. The van der Waals surface area contributed by atoms with E-state index < -0.39 is 29.4 Å². The third kappa shape index (κ3) is 18.5. The highest BCUT2D eigenvalue weighted by Crippen LogP contribution is 2.21. The number of nitrogens with zero attached hydrogens (tertiary/aromatic N) is 4. The van der Waals surface area contributed by atoms with Crippen LogP contribution in [0.15, 0.2) is 0 Å². The Morgan fingerprint density at radius 2 is 1.24 bits per heavy atom. The molecule has 0 radical (unpaired) electrons. The van der Waals surface area contributed by atoms with Gasteiger partial charge in [-0.2, -0.15) is 0 Å². The Labute approximate surface area is 328 Å². The van der Waals surface area contributed by atoms with Crippen molar-refractivity contribution in [3.63, 3.8) is 0 Å². The molecule has 0 spiro atoms.